The van der Waals surface area contributed by atoms with Gasteiger partial charge in [0.05, 0.1) is 11.0 Å². The van der Waals surface area contributed by atoms with E-state index in [9.17, 15) is 0 Å². The highest BCUT2D eigenvalue weighted by molar-refractivity contribution is 6.11. The lowest BCUT2D eigenvalue weighted by Gasteiger charge is -2.36. The number of hydrogen-bond donors (Lipinski definition) is 0. The molecule has 0 unspecified atom stereocenters. The Labute approximate surface area is 355 Å². The normalized spacial score (nSPS) is 14.0. The van der Waals surface area contributed by atoms with Crippen molar-refractivity contribution in [2.75, 3.05) is 0 Å². The van der Waals surface area contributed by atoms with E-state index in [-0.39, 0.29) is 5.41 Å². The second-order valence-electron chi connectivity index (χ2n) is 16.7. The molecule has 12 rings (SSSR count). The minimum atomic E-state index is -0.00500. The molecule has 4 heteroatoms. The van der Waals surface area contributed by atoms with Crippen LogP contribution in [0.5, 0.6) is 0 Å². The number of benzene rings is 8. The lowest BCUT2D eigenvalue weighted by molar-refractivity contribution is 0.353. The molecule has 290 valence electrons. The van der Waals surface area contributed by atoms with Crippen LogP contribution in [0.4, 0.5) is 0 Å². The van der Waals surface area contributed by atoms with Gasteiger partial charge in [0.1, 0.15) is 0 Å². The molecule has 61 heavy (non-hydrogen) atoms. The summed E-state index contributed by atoms with van der Waals surface area (Å²) in [5.41, 5.74) is 16.9. The maximum Gasteiger partial charge on any atom is 0.164 e. The van der Waals surface area contributed by atoms with Crippen LogP contribution < -0.4 is 0 Å². The summed E-state index contributed by atoms with van der Waals surface area (Å²) in [5.74, 6) is 1.99. The summed E-state index contributed by atoms with van der Waals surface area (Å²) in [6.45, 7) is 0. The van der Waals surface area contributed by atoms with E-state index in [0.717, 1.165) is 27.8 Å². The fraction of sp³-hybridized carbons (Fsp3) is 0.105. The van der Waals surface area contributed by atoms with Gasteiger partial charge in [-0.3, -0.25) is 0 Å². The lowest BCUT2D eigenvalue weighted by Crippen LogP contribution is -2.28. The van der Waals surface area contributed by atoms with E-state index in [2.05, 4.69) is 162 Å². The van der Waals surface area contributed by atoms with Crippen molar-refractivity contribution in [1.29, 1.82) is 0 Å². The Hall–Kier alpha value is -7.43. The molecule has 4 nitrogen and oxygen atoms in total. The van der Waals surface area contributed by atoms with Gasteiger partial charge in [-0.25, -0.2) is 15.0 Å². The summed E-state index contributed by atoms with van der Waals surface area (Å²) < 4.78 is 2.48. The molecular weight excluding hydrogens is 741 g/mol. The fourth-order valence-electron chi connectivity index (χ4n) is 10.4. The van der Waals surface area contributed by atoms with Crippen LogP contribution in [0.3, 0.4) is 0 Å². The highest BCUT2D eigenvalue weighted by Crippen LogP contribution is 2.58. The highest BCUT2D eigenvalue weighted by atomic mass is 15.0. The first-order chi connectivity index (χ1) is 30.2. The van der Waals surface area contributed by atoms with E-state index in [4.69, 9.17) is 15.0 Å². The molecule has 0 aliphatic heterocycles. The van der Waals surface area contributed by atoms with Crippen LogP contribution in [-0.2, 0) is 5.41 Å². The van der Waals surface area contributed by atoms with Gasteiger partial charge in [0.25, 0.3) is 0 Å². The van der Waals surface area contributed by atoms with E-state index in [1.807, 2.05) is 36.4 Å². The van der Waals surface area contributed by atoms with Crippen LogP contribution in [0.15, 0.2) is 194 Å². The van der Waals surface area contributed by atoms with Crippen molar-refractivity contribution in [3.63, 3.8) is 0 Å². The number of aromatic nitrogens is 4. The fourth-order valence-corrected chi connectivity index (χ4v) is 10.4. The van der Waals surface area contributed by atoms with Gasteiger partial charge in [-0.05, 0) is 93.7 Å². The third-order valence-electron chi connectivity index (χ3n) is 13.2. The van der Waals surface area contributed by atoms with Gasteiger partial charge in [0.2, 0.25) is 0 Å². The van der Waals surface area contributed by atoms with Crippen LogP contribution in [-0.4, -0.2) is 19.5 Å². The molecule has 8 aromatic carbocycles. The van der Waals surface area contributed by atoms with E-state index in [0.29, 0.717) is 17.5 Å². The molecule has 0 radical (unpaired) electrons. The quantitative estimate of drug-likeness (QED) is 0.169. The van der Waals surface area contributed by atoms with Gasteiger partial charge >= 0.3 is 0 Å². The Kier molecular flexibility index (Phi) is 8.38. The van der Waals surface area contributed by atoms with Crippen LogP contribution in [0.2, 0.25) is 0 Å². The van der Waals surface area contributed by atoms with E-state index in [1.54, 1.807) is 0 Å². The first-order valence-electron chi connectivity index (χ1n) is 21.6. The van der Waals surface area contributed by atoms with Crippen LogP contribution in [0, 0.1) is 0 Å². The molecule has 0 bridgehead atoms. The van der Waals surface area contributed by atoms with Crippen molar-refractivity contribution in [1.82, 2.24) is 19.5 Å². The molecule has 1 saturated carbocycles. The molecule has 2 aromatic heterocycles. The molecule has 0 amide bonds. The topological polar surface area (TPSA) is 43.6 Å². The van der Waals surface area contributed by atoms with Gasteiger partial charge < -0.3 is 4.57 Å². The first-order valence-corrected chi connectivity index (χ1v) is 21.6. The van der Waals surface area contributed by atoms with Crippen molar-refractivity contribution in [2.24, 2.45) is 0 Å². The third kappa shape index (κ3) is 5.85. The minimum Gasteiger partial charge on any atom is -0.309 e. The smallest absolute Gasteiger partial charge is 0.164 e. The Morgan fingerprint density at radius 3 is 1.66 bits per heavy atom. The molecule has 1 spiro atoms. The van der Waals surface area contributed by atoms with Crippen LogP contribution in [0.25, 0.3) is 95.0 Å². The molecular formula is C57H42N4. The van der Waals surface area contributed by atoms with E-state index >= 15 is 0 Å². The minimum absolute atomic E-state index is 0.00500. The third-order valence-corrected chi connectivity index (χ3v) is 13.2. The first kappa shape index (κ1) is 35.5. The summed E-state index contributed by atoms with van der Waals surface area (Å²) in [7, 11) is 0. The van der Waals surface area contributed by atoms with Gasteiger partial charge in [-0.1, -0.05) is 177 Å². The molecule has 2 heterocycles. The summed E-state index contributed by atoms with van der Waals surface area (Å²) >= 11 is 0. The molecule has 0 saturated heterocycles. The zero-order valence-electron chi connectivity index (χ0n) is 33.8. The number of rotatable bonds is 6. The maximum absolute atomic E-state index is 5.16. The number of nitrogens with zero attached hydrogens (tertiary/aromatic N) is 4. The van der Waals surface area contributed by atoms with Gasteiger partial charge in [-0.2, -0.15) is 0 Å². The average molecular weight is 783 g/mol. The van der Waals surface area contributed by atoms with Crippen molar-refractivity contribution >= 4 is 21.8 Å². The second-order valence-corrected chi connectivity index (χ2v) is 16.7. The molecule has 10 aromatic rings. The lowest BCUT2D eigenvalue weighted by atomic mass is 9.67. The highest BCUT2D eigenvalue weighted by Gasteiger charge is 2.44. The summed E-state index contributed by atoms with van der Waals surface area (Å²) in [4.78, 5) is 15.3. The maximum atomic E-state index is 5.16. The van der Waals surface area contributed by atoms with Crippen LogP contribution in [0.1, 0.15) is 43.2 Å². The zero-order chi connectivity index (χ0) is 40.3. The SMILES string of the molecule is c1ccc(-c2cccc(-n3c4ccccc4c4cc5c(cc43)-c3cc(-c4ccccc4-c4nc(-c6ccccc6)nc(-c6ccccc6)n4)ccc3C53CCCCC3)c2)cc1. The number of hydrogen-bond acceptors (Lipinski definition) is 3. The molecule has 0 atom stereocenters. The second kappa shape index (κ2) is 14.4. The summed E-state index contributed by atoms with van der Waals surface area (Å²) in [6.07, 6.45) is 6.10. The van der Waals surface area contributed by atoms with Crippen molar-refractivity contribution in [3.05, 3.63) is 205 Å². The predicted molar refractivity (Wildman–Crippen MR) is 251 cm³/mol. The molecule has 2 aliphatic rings. The van der Waals surface area contributed by atoms with Crippen molar-refractivity contribution < 1.29 is 0 Å². The van der Waals surface area contributed by atoms with E-state index in [1.165, 1.54) is 93.0 Å². The van der Waals surface area contributed by atoms with Crippen molar-refractivity contribution in [2.45, 2.75) is 37.5 Å². The van der Waals surface area contributed by atoms with Gasteiger partial charge in [-0.15, -0.1) is 0 Å². The van der Waals surface area contributed by atoms with Gasteiger partial charge in [0, 0.05) is 38.6 Å². The molecule has 0 N–H and O–H groups in total. The molecule has 1 fully saturated rings. The Bertz CT molecular complexity index is 3210. The largest absolute Gasteiger partial charge is 0.309 e. The van der Waals surface area contributed by atoms with E-state index < -0.39 is 0 Å². The zero-order valence-corrected chi connectivity index (χ0v) is 33.8. The Balaban J connectivity index is 1.06. The summed E-state index contributed by atoms with van der Waals surface area (Å²) in [5, 5.41) is 2.62. The molecule has 2 aliphatic carbocycles. The standard InChI is InChI=1S/C57H42N4/c1-5-18-38(19-6-1)41-24-17-25-43(34-41)61-52-29-14-13-27-45(52)49-36-51-48(37-53(49)61)47-35-42(30-31-50(47)57(51)32-15-4-16-33-57)44-26-11-12-28-46(44)56-59-54(39-20-7-2-8-21-39)58-55(60-56)40-22-9-3-10-23-40/h1-3,5-14,17-31,34-37H,4,15-16,32-33H2. The van der Waals surface area contributed by atoms with Crippen molar-refractivity contribution in [3.8, 4) is 73.2 Å². The van der Waals surface area contributed by atoms with Crippen LogP contribution >= 0.6 is 0 Å². The monoisotopic (exact) mass is 782 g/mol. The average Bonchev–Trinajstić information content (AvgIpc) is 3.80. The summed E-state index contributed by atoms with van der Waals surface area (Å²) in [6, 6.07) is 70.0. The van der Waals surface area contributed by atoms with Gasteiger partial charge in [0.15, 0.2) is 17.5 Å². The Morgan fingerprint density at radius 1 is 0.344 bits per heavy atom. The number of fused-ring (bicyclic) bond motifs is 8. The number of para-hydroxylation sites is 1. The predicted octanol–water partition coefficient (Wildman–Crippen LogP) is 14.5. The Morgan fingerprint density at radius 2 is 0.934 bits per heavy atom.